The minimum atomic E-state index is -0.990. The average molecular weight is 332 g/mol. The first-order chi connectivity index (χ1) is 11.4. The maximum absolute atomic E-state index is 12.4. The monoisotopic (exact) mass is 332 g/mol. The lowest BCUT2D eigenvalue weighted by Gasteiger charge is -2.16. The van der Waals surface area contributed by atoms with Crippen molar-refractivity contribution in [3.8, 4) is 0 Å². The number of carboxylic acids is 1. The Hall–Kier alpha value is -2.70. The molecule has 2 rings (SSSR count). The van der Waals surface area contributed by atoms with E-state index in [2.05, 4.69) is 0 Å². The topological polar surface area (TPSA) is 95.0 Å². The molecule has 24 heavy (non-hydrogen) atoms. The molecule has 0 atom stereocenters. The fourth-order valence-corrected chi connectivity index (χ4v) is 2.53. The molecular formula is C17H20N2O5. The Bertz CT molecular complexity index is 698. The first kappa shape index (κ1) is 17.7. The van der Waals surface area contributed by atoms with Crippen LogP contribution in [-0.2, 0) is 4.79 Å². The molecule has 1 heterocycles. The van der Waals surface area contributed by atoms with Gasteiger partial charge in [0.25, 0.3) is 17.7 Å². The van der Waals surface area contributed by atoms with E-state index in [0.717, 1.165) is 12.8 Å². The molecule has 128 valence electrons. The van der Waals surface area contributed by atoms with Gasteiger partial charge in [0.1, 0.15) is 0 Å². The van der Waals surface area contributed by atoms with E-state index in [9.17, 15) is 19.2 Å². The third kappa shape index (κ3) is 3.45. The van der Waals surface area contributed by atoms with Crippen molar-refractivity contribution in [2.75, 3.05) is 20.1 Å². The van der Waals surface area contributed by atoms with Crippen molar-refractivity contribution < 1.29 is 24.3 Å². The zero-order valence-corrected chi connectivity index (χ0v) is 13.7. The van der Waals surface area contributed by atoms with Gasteiger partial charge in [0.15, 0.2) is 0 Å². The van der Waals surface area contributed by atoms with E-state index in [0.29, 0.717) is 12.1 Å². The average Bonchev–Trinajstić information content (AvgIpc) is 2.80. The molecular weight excluding hydrogens is 312 g/mol. The van der Waals surface area contributed by atoms with E-state index in [1.807, 2.05) is 6.92 Å². The molecule has 0 aromatic heterocycles. The fraction of sp³-hybridized carbons (Fsp3) is 0.412. The summed E-state index contributed by atoms with van der Waals surface area (Å²) in [7, 11) is 1.50. The highest BCUT2D eigenvalue weighted by Crippen LogP contribution is 2.24. The van der Waals surface area contributed by atoms with Gasteiger partial charge in [-0.25, -0.2) is 0 Å². The molecule has 0 unspecified atom stereocenters. The first-order valence-corrected chi connectivity index (χ1v) is 7.84. The number of amides is 3. The summed E-state index contributed by atoms with van der Waals surface area (Å²) in [5.74, 6) is -2.09. The molecule has 7 nitrogen and oxygen atoms in total. The molecule has 0 bridgehead atoms. The Morgan fingerprint density at radius 3 is 2.46 bits per heavy atom. The summed E-state index contributed by atoms with van der Waals surface area (Å²) in [4.78, 5) is 50.0. The summed E-state index contributed by atoms with van der Waals surface area (Å²) in [5, 5.41) is 8.68. The van der Waals surface area contributed by atoms with Gasteiger partial charge in [0.2, 0.25) is 0 Å². The number of nitrogens with zero attached hydrogens (tertiary/aromatic N) is 2. The number of hydrogen-bond donors (Lipinski definition) is 1. The van der Waals surface area contributed by atoms with E-state index in [1.165, 1.54) is 35.0 Å². The van der Waals surface area contributed by atoms with Crippen LogP contribution in [0.2, 0.25) is 0 Å². The first-order valence-electron chi connectivity index (χ1n) is 7.84. The largest absolute Gasteiger partial charge is 0.481 e. The third-order valence-corrected chi connectivity index (χ3v) is 3.96. The van der Waals surface area contributed by atoms with Gasteiger partial charge in [-0.3, -0.25) is 24.1 Å². The van der Waals surface area contributed by atoms with Crippen molar-refractivity contribution in [1.29, 1.82) is 0 Å². The lowest BCUT2D eigenvalue weighted by Crippen LogP contribution is -2.30. The summed E-state index contributed by atoms with van der Waals surface area (Å²) in [5.41, 5.74) is 0.801. The van der Waals surface area contributed by atoms with Crippen molar-refractivity contribution in [1.82, 2.24) is 9.80 Å². The van der Waals surface area contributed by atoms with E-state index < -0.39 is 5.97 Å². The molecule has 3 amide bonds. The minimum absolute atomic E-state index is 0.0702. The van der Waals surface area contributed by atoms with E-state index in [-0.39, 0.29) is 41.8 Å². The molecule has 0 saturated carbocycles. The number of benzene rings is 1. The highest BCUT2D eigenvalue weighted by molar-refractivity contribution is 6.22. The highest BCUT2D eigenvalue weighted by Gasteiger charge is 2.35. The number of carbonyl (C=O) groups excluding carboxylic acids is 3. The maximum atomic E-state index is 12.4. The van der Waals surface area contributed by atoms with Crippen molar-refractivity contribution in [3.63, 3.8) is 0 Å². The molecule has 0 radical (unpaired) electrons. The molecule has 0 fully saturated rings. The number of fused-ring (bicyclic) bond motifs is 1. The van der Waals surface area contributed by atoms with Crippen LogP contribution in [0.1, 0.15) is 57.3 Å². The highest BCUT2D eigenvalue weighted by atomic mass is 16.4. The summed E-state index contributed by atoms with van der Waals surface area (Å²) >= 11 is 0. The quantitative estimate of drug-likeness (QED) is 0.766. The second-order valence-corrected chi connectivity index (χ2v) is 5.75. The second kappa shape index (κ2) is 7.25. The Labute approximate surface area is 139 Å². The van der Waals surface area contributed by atoms with Crippen LogP contribution >= 0.6 is 0 Å². The van der Waals surface area contributed by atoms with E-state index in [4.69, 9.17) is 5.11 Å². The summed E-state index contributed by atoms with van der Waals surface area (Å²) in [6.45, 7) is 2.41. The lowest BCUT2D eigenvalue weighted by atomic mass is 10.0. The number of carboxylic acid groups (broad SMARTS) is 1. The second-order valence-electron chi connectivity index (χ2n) is 5.75. The van der Waals surface area contributed by atoms with Gasteiger partial charge in [-0.2, -0.15) is 0 Å². The van der Waals surface area contributed by atoms with Gasteiger partial charge in [-0.1, -0.05) is 13.3 Å². The summed E-state index contributed by atoms with van der Waals surface area (Å²) in [6.07, 6.45) is 1.44. The number of imide groups is 1. The van der Waals surface area contributed by atoms with Gasteiger partial charge < -0.3 is 10.0 Å². The third-order valence-electron chi connectivity index (χ3n) is 3.96. The zero-order chi connectivity index (χ0) is 17.9. The van der Waals surface area contributed by atoms with Crippen LogP contribution in [0.25, 0.3) is 0 Å². The van der Waals surface area contributed by atoms with E-state index >= 15 is 0 Å². The van der Waals surface area contributed by atoms with E-state index in [1.54, 1.807) is 0 Å². The van der Waals surface area contributed by atoms with Crippen molar-refractivity contribution in [2.24, 2.45) is 0 Å². The zero-order valence-electron chi connectivity index (χ0n) is 13.7. The molecule has 1 aromatic carbocycles. The lowest BCUT2D eigenvalue weighted by molar-refractivity contribution is -0.137. The van der Waals surface area contributed by atoms with Gasteiger partial charge in [0.05, 0.1) is 17.5 Å². The van der Waals surface area contributed by atoms with Crippen molar-refractivity contribution in [2.45, 2.75) is 26.2 Å². The number of rotatable bonds is 7. The van der Waals surface area contributed by atoms with Crippen LogP contribution in [0.15, 0.2) is 18.2 Å². The molecule has 0 aliphatic carbocycles. The molecule has 0 saturated heterocycles. The van der Waals surface area contributed by atoms with Crippen LogP contribution in [0.3, 0.4) is 0 Å². The molecule has 1 aliphatic heterocycles. The van der Waals surface area contributed by atoms with Crippen LogP contribution in [0.4, 0.5) is 0 Å². The van der Waals surface area contributed by atoms with Gasteiger partial charge in [0, 0.05) is 25.7 Å². The predicted octanol–water partition coefficient (Wildman–Crippen LogP) is 1.63. The van der Waals surface area contributed by atoms with Crippen molar-refractivity contribution >= 4 is 23.7 Å². The molecule has 1 aromatic rings. The Kier molecular flexibility index (Phi) is 5.33. The van der Waals surface area contributed by atoms with Crippen LogP contribution in [0, 0.1) is 0 Å². The summed E-state index contributed by atoms with van der Waals surface area (Å²) in [6, 6.07) is 4.40. The SMILES string of the molecule is CCCCN1C(=O)c2ccc(C(=O)N(C)CCC(=O)O)cc2C1=O. The van der Waals surface area contributed by atoms with Crippen LogP contribution in [-0.4, -0.2) is 58.7 Å². The Morgan fingerprint density at radius 2 is 1.83 bits per heavy atom. The fourth-order valence-electron chi connectivity index (χ4n) is 2.53. The maximum Gasteiger partial charge on any atom is 0.305 e. The minimum Gasteiger partial charge on any atom is -0.481 e. The molecule has 7 heteroatoms. The van der Waals surface area contributed by atoms with Gasteiger partial charge in [-0.05, 0) is 24.6 Å². The standard InChI is InChI=1S/C17H20N2O5/c1-3-4-8-19-16(23)12-6-5-11(10-13(12)17(19)24)15(22)18(2)9-7-14(20)21/h5-6,10H,3-4,7-9H2,1-2H3,(H,20,21). The smallest absolute Gasteiger partial charge is 0.305 e. The normalized spacial score (nSPS) is 13.2. The Morgan fingerprint density at radius 1 is 1.17 bits per heavy atom. The number of hydrogen-bond acceptors (Lipinski definition) is 4. The molecule has 1 aliphatic rings. The molecule has 0 spiro atoms. The number of carbonyl (C=O) groups is 4. The van der Waals surface area contributed by atoms with Gasteiger partial charge >= 0.3 is 5.97 Å². The number of aliphatic carboxylic acids is 1. The predicted molar refractivity (Wildman–Crippen MR) is 85.9 cm³/mol. The van der Waals surface area contributed by atoms with Crippen LogP contribution in [0.5, 0.6) is 0 Å². The Balaban J connectivity index is 2.20. The van der Waals surface area contributed by atoms with Crippen LogP contribution < -0.4 is 0 Å². The summed E-state index contributed by atoms with van der Waals surface area (Å²) < 4.78 is 0. The van der Waals surface area contributed by atoms with Crippen molar-refractivity contribution in [3.05, 3.63) is 34.9 Å². The molecule has 1 N–H and O–H groups in total. The number of unbranched alkanes of at least 4 members (excludes halogenated alkanes) is 1. The van der Waals surface area contributed by atoms with Gasteiger partial charge in [-0.15, -0.1) is 0 Å².